The molecule has 1 aromatic heterocycles. The number of nitriles is 1. The van der Waals surface area contributed by atoms with E-state index in [1.54, 1.807) is 36.9 Å². The smallest absolute Gasteiger partial charge is 0.328 e. The molecule has 0 bridgehead atoms. The average molecular weight is 270 g/mol. The molecule has 102 valence electrons. The van der Waals surface area contributed by atoms with E-state index in [0.29, 0.717) is 5.56 Å². The molecule has 0 saturated carbocycles. The molecule has 0 saturated heterocycles. The van der Waals surface area contributed by atoms with Crippen molar-refractivity contribution < 1.29 is 4.79 Å². The van der Waals surface area contributed by atoms with Gasteiger partial charge in [-0.3, -0.25) is 13.9 Å². The lowest BCUT2D eigenvalue weighted by atomic mass is 10.1. The number of aromatic nitrogens is 2. The minimum absolute atomic E-state index is 0.0211. The molecule has 0 aliphatic heterocycles. The van der Waals surface area contributed by atoms with Crippen molar-refractivity contribution in [1.29, 1.82) is 5.26 Å². The number of amides is 1. The third-order valence-electron chi connectivity index (χ3n) is 3.20. The van der Waals surface area contributed by atoms with Crippen molar-refractivity contribution in [2.24, 2.45) is 14.1 Å². The lowest BCUT2D eigenvalue weighted by Crippen LogP contribution is -2.19. The lowest BCUT2D eigenvalue weighted by molar-refractivity contribution is -0.116. The van der Waals surface area contributed by atoms with E-state index in [9.17, 15) is 9.59 Å². The molecular formula is C14H14N4O2. The van der Waals surface area contributed by atoms with Gasteiger partial charge in [0.1, 0.15) is 11.6 Å². The lowest BCUT2D eigenvalue weighted by Gasteiger charge is -2.00. The first-order valence-electron chi connectivity index (χ1n) is 5.99. The molecule has 0 fully saturated rings. The number of aryl methyl sites for hydroxylation is 2. The van der Waals surface area contributed by atoms with Crippen molar-refractivity contribution in [3.63, 3.8) is 0 Å². The summed E-state index contributed by atoms with van der Waals surface area (Å²) in [5.41, 5.74) is 2.15. The van der Waals surface area contributed by atoms with Gasteiger partial charge in [-0.25, -0.2) is 4.79 Å². The number of fused-ring (bicyclic) bond motifs is 1. The van der Waals surface area contributed by atoms with Crippen LogP contribution in [0.3, 0.4) is 0 Å². The van der Waals surface area contributed by atoms with Crippen molar-refractivity contribution in [2.75, 3.05) is 7.05 Å². The van der Waals surface area contributed by atoms with E-state index in [1.165, 1.54) is 17.7 Å². The highest BCUT2D eigenvalue weighted by molar-refractivity contribution is 6.01. The maximum Gasteiger partial charge on any atom is 0.328 e. The highest BCUT2D eigenvalue weighted by Gasteiger charge is 2.09. The predicted molar refractivity (Wildman–Crippen MR) is 75.8 cm³/mol. The van der Waals surface area contributed by atoms with Crippen LogP contribution in [0.1, 0.15) is 5.56 Å². The number of carbonyl (C=O) groups is 1. The molecule has 0 spiro atoms. The SMILES string of the molecule is CNC(=O)/C(C#N)=C/c1ccc2c(c1)n(C)c(=O)n2C. The number of nitrogens with one attached hydrogen (secondary N) is 1. The number of rotatable bonds is 2. The summed E-state index contributed by atoms with van der Waals surface area (Å²) in [6, 6.07) is 7.19. The summed E-state index contributed by atoms with van der Waals surface area (Å²) < 4.78 is 3.07. The van der Waals surface area contributed by atoms with Gasteiger partial charge in [-0.2, -0.15) is 5.26 Å². The minimum Gasteiger partial charge on any atom is -0.354 e. The number of carbonyl (C=O) groups excluding carboxylic acids is 1. The normalized spacial score (nSPS) is 11.4. The van der Waals surface area contributed by atoms with Crippen molar-refractivity contribution >= 4 is 23.0 Å². The standard InChI is InChI=1S/C14H14N4O2/c1-16-13(19)10(8-15)6-9-4-5-11-12(7-9)18(3)14(20)17(11)2/h4-7H,1-3H3,(H,16,19)/b10-6+. The Morgan fingerprint density at radius 2 is 1.95 bits per heavy atom. The van der Waals surface area contributed by atoms with Crippen LogP contribution in [0.4, 0.5) is 0 Å². The van der Waals surface area contributed by atoms with Crippen molar-refractivity contribution in [2.45, 2.75) is 0 Å². The first-order chi connectivity index (χ1) is 9.49. The average Bonchev–Trinajstić information content (AvgIpc) is 2.68. The molecule has 6 heteroatoms. The van der Waals surface area contributed by atoms with Gasteiger partial charge in [0.25, 0.3) is 5.91 Å². The Morgan fingerprint density at radius 1 is 1.30 bits per heavy atom. The number of imidazole rings is 1. The van der Waals surface area contributed by atoms with Gasteiger partial charge in [-0.05, 0) is 23.8 Å². The van der Waals surface area contributed by atoms with Gasteiger partial charge >= 0.3 is 5.69 Å². The van der Waals surface area contributed by atoms with Crippen molar-refractivity contribution in [3.05, 3.63) is 39.8 Å². The predicted octanol–water partition coefficient (Wildman–Crippen LogP) is 0.530. The van der Waals surface area contributed by atoms with Crippen LogP contribution < -0.4 is 11.0 Å². The van der Waals surface area contributed by atoms with Crippen LogP contribution in [0.5, 0.6) is 0 Å². The van der Waals surface area contributed by atoms with Gasteiger partial charge in [-0.1, -0.05) is 6.07 Å². The Labute approximate surface area is 115 Å². The van der Waals surface area contributed by atoms with E-state index in [1.807, 2.05) is 6.07 Å². The van der Waals surface area contributed by atoms with Crippen LogP contribution in [-0.4, -0.2) is 22.1 Å². The summed E-state index contributed by atoms with van der Waals surface area (Å²) in [7, 11) is 4.85. The van der Waals surface area contributed by atoms with Gasteiger partial charge in [0.2, 0.25) is 0 Å². The molecular weight excluding hydrogens is 256 g/mol. The van der Waals surface area contributed by atoms with Gasteiger partial charge in [0.05, 0.1) is 11.0 Å². The molecule has 1 N–H and O–H groups in total. The summed E-state index contributed by atoms with van der Waals surface area (Å²) in [5, 5.41) is 11.4. The van der Waals surface area contributed by atoms with E-state index in [-0.39, 0.29) is 11.3 Å². The maximum atomic E-state index is 11.8. The van der Waals surface area contributed by atoms with Gasteiger partial charge in [-0.15, -0.1) is 0 Å². The molecule has 2 rings (SSSR count). The third-order valence-corrected chi connectivity index (χ3v) is 3.20. The summed E-state index contributed by atoms with van der Waals surface area (Å²) in [6.07, 6.45) is 1.50. The Morgan fingerprint density at radius 3 is 2.55 bits per heavy atom. The van der Waals surface area contributed by atoms with Gasteiger partial charge in [0, 0.05) is 21.1 Å². The topological polar surface area (TPSA) is 79.8 Å². The van der Waals surface area contributed by atoms with E-state index in [4.69, 9.17) is 5.26 Å². The largest absolute Gasteiger partial charge is 0.354 e. The maximum absolute atomic E-state index is 11.8. The fraction of sp³-hybridized carbons (Fsp3) is 0.214. The molecule has 0 unspecified atom stereocenters. The van der Waals surface area contributed by atoms with E-state index < -0.39 is 5.91 Å². The Kier molecular flexibility index (Phi) is 3.44. The summed E-state index contributed by atoms with van der Waals surface area (Å²) in [4.78, 5) is 23.3. The molecule has 20 heavy (non-hydrogen) atoms. The first-order valence-corrected chi connectivity index (χ1v) is 5.99. The minimum atomic E-state index is -0.436. The van der Waals surface area contributed by atoms with Crippen LogP contribution >= 0.6 is 0 Å². The number of hydrogen-bond acceptors (Lipinski definition) is 3. The highest BCUT2D eigenvalue weighted by atomic mass is 16.2. The quantitative estimate of drug-likeness (QED) is 0.638. The Bertz CT molecular complexity index is 818. The zero-order valence-electron chi connectivity index (χ0n) is 11.5. The molecule has 0 radical (unpaired) electrons. The van der Waals surface area contributed by atoms with E-state index >= 15 is 0 Å². The van der Waals surface area contributed by atoms with Gasteiger partial charge < -0.3 is 5.32 Å². The molecule has 0 aliphatic carbocycles. The summed E-state index contributed by atoms with van der Waals surface area (Å²) in [5.74, 6) is -0.436. The summed E-state index contributed by atoms with van der Waals surface area (Å²) in [6.45, 7) is 0. The zero-order valence-corrected chi connectivity index (χ0v) is 11.5. The Balaban J connectivity index is 2.61. The van der Waals surface area contributed by atoms with E-state index in [0.717, 1.165) is 11.0 Å². The third kappa shape index (κ3) is 2.10. The molecule has 0 atom stereocenters. The molecule has 1 heterocycles. The highest BCUT2D eigenvalue weighted by Crippen LogP contribution is 2.16. The molecule has 1 amide bonds. The fourth-order valence-corrected chi connectivity index (χ4v) is 2.06. The molecule has 1 aromatic carbocycles. The van der Waals surface area contributed by atoms with Crippen molar-refractivity contribution in [1.82, 2.24) is 14.5 Å². The summed E-state index contributed by atoms with van der Waals surface area (Å²) >= 11 is 0. The number of nitrogens with zero attached hydrogens (tertiary/aromatic N) is 3. The monoisotopic (exact) mass is 270 g/mol. The fourth-order valence-electron chi connectivity index (χ4n) is 2.06. The van der Waals surface area contributed by atoms with Crippen LogP contribution in [0.25, 0.3) is 17.1 Å². The van der Waals surface area contributed by atoms with Crippen LogP contribution in [0.15, 0.2) is 28.6 Å². The van der Waals surface area contributed by atoms with Crippen LogP contribution in [0, 0.1) is 11.3 Å². The number of benzene rings is 1. The zero-order chi connectivity index (χ0) is 14.9. The number of hydrogen-bond donors (Lipinski definition) is 1. The van der Waals surface area contributed by atoms with Crippen molar-refractivity contribution in [3.8, 4) is 6.07 Å². The molecule has 2 aromatic rings. The molecule has 0 aliphatic rings. The van der Waals surface area contributed by atoms with E-state index in [2.05, 4.69) is 5.32 Å². The second kappa shape index (κ2) is 5.05. The number of likely N-dealkylation sites (N-methyl/N-ethyl adjacent to an activating group) is 1. The Hall–Kier alpha value is -2.81. The van der Waals surface area contributed by atoms with Crippen LogP contribution in [-0.2, 0) is 18.9 Å². The molecule has 6 nitrogen and oxygen atoms in total. The second-order valence-electron chi connectivity index (χ2n) is 4.40. The first kappa shape index (κ1) is 13.6. The van der Waals surface area contributed by atoms with Crippen LogP contribution in [0.2, 0.25) is 0 Å². The van der Waals surface area contributed by atoms with Gasteiger partial charge in [0.15, 0.2) is 0 Å². The second-order valence-corrected chi connectivity index (χ2v) is 4.40.